The number of hydrogen-bond acceptors (Lipinski definition) is 2. The Hall–Kier alpha value is -0.630. The van der Waals surface area contributed by atoms with Gasteiger partial charge in [0.15, 0.2) is 0 Å². The van der Waals surface area contributed by atoms with Crippen molar-refractivity contribution in [3.63, 3.8) is 0 Å². The highest BCUT2D eigenvalue weighted by atomic mass is 16.5. The molecule has 0 amide bonds. The third kappa shape index (κ3) is 4.83. The number of carbonyl (C=O) groups is 1. The number of hydrogen-bond donors (Lipinski definition) is 0. The molecule has 0 radical (unpaired) electrons. The Labute approximate surface area is 81.0 Å². The normalized spacial score (nSPS) is 15.1. The fourth-order valence-electron chi connectivity index (χ4n) is 1.23. The Kier molecular flexibility index (Phi) is 6.51. The summed E-state index contributed by atoms with van der Waals surface area (Å²) in [5, 5.41) is 0. The average molecular weight is 184 g/mol. The van der Waals surface area contributed by atoms with Crippen LogP contribution < -0.4 is 0 Å². The fraction of sp³-hybridized carbons (Fsp3) is 0.727. The molecule has 0 aromatic carbocycles. The molecule has 0 saturated carbocycles. The van der Waals surface area contributed by atoms with Gasteiger partial charge in [0, 0.05) is 7.11 Å². The van der Waals surface area contributed by atoms with Gasteiger partial charge in [0.25, 0.3) is 0 Å². The Balaban J connectivity index is 4.14. The molecule has 0 rings (SSSR count). The first-order valence-electron chi connectivity index (χ1n) is 4.80. The minimum absolute atomic E-state index is 0.264. The molecule has 0 saturated heterocycles. The van der Waals surface area contributed by atoms with Crippen LogP contribution in [0.5, 0.6) is 0 Å². The Morgan fingerprint density at radius 1 is 1.46 bits per heavy atom. The van der Waals surface area contributed by atoms with Crippen molar-refractivity contribution in [3.05, 3.63) is 11.1 Å². The zero-order chi connectivity index (χ0) is 10.3. The maximum Gasteiger partial charge on any atom is 0.145 e. The number of aldehydes is 1. The number of rotatable bonds is 6. The molecule has 0 aromatic rings. The minimum Gasteiger partial charge on any atom is -0.381 e. The quantitative estimate of drug-likeness (QED) is 0.468. The highest BCUT2D eigenvalue weighted by molar-refractivity contribution is 5.73. The van der Waals surface area contributed by atoms with Crippen LogP contribution in [0.1, 0.15) is 40.0 Å². The molecule has 1 unspecified atom stereocenters. The van der Waals surface area contributed by atoms with E-state index in [1.807, 2.05) is 13.8 Å². The van der Waals surface area contributed by atoms with E-state index in [0.717, 1.165) is 36.7 Å². The summed E-state index contributed by atoms with van der Waals surface area (Å²) in [6.45, 7) is 5.98. The maximum atomic E-state index is 10.5. The predicted molar refractivity (Wildman–Crippen MR) is 54.8 cm³/mol. The highest BCUT2D eigenvalue weighted by Gasteiger charge is 2.07. The van der Waals surface area contributed by atoms with Gasteiger partial charge >= 0.3 is 0 Å². The molecular weight excluding hydrogens is 164 g/mol. The van der Waals surface area contributed by atoms with Gasteiger partial charge in [0.2, 0.25) is 0 Å². The van der Waals surface area contributed by atoms with E-state index in [0.29, 0.717) is 0 Å². The molecule has 0 aliphatic rings. The van der Waals surface area contributed by atoms with E-state index in [4.69, 9.17) is 4.74 Å². The van der Waals surface area contributed by atoms with Crippen molar-refractivity contribution in [1.82, 2.24) is 0 Å². The molecule has 76 valence electrons. The van der Waals surface area contributed by atoms with Gasteiger partial charge in [-0.15, -0.1) is 0 Å². The van der Waals surface area contributed by atoms with Gasteiger partial charge in [0.05, 0.1) is 6.10 Å². The van der Waals surface area contributed by atoms with Gasteiger partial charge in [-0.05, 0) is 32.3 Å². The molecule has 1 atom stereocenters. The summed E-state index contributed by atoms with van der Waals surface area (Å²) < 4.78 is 5.31. The monoisotopic (exact) mass is 184 g/mol. The topological polar surface area (TPSA) is 26.3 Å². The molecule has 2 nitrogen and oxygen atoms in total. The van der Waals surface area contributed by atoms with Gasteiger partial charge in [-0.25, -0.2) is 0 Å². The summed E-state index contributed by atoms with van der Waals surface area (Å²) in [6, 6.07) is 0. The first kappa shape index (κ1) is 12.4. The van der Waals surface area contributed by atoms with Gasteiger partial charge < -0.3 is 4.74 Å². The highest BCUT2D eigenvalue weighted by Crippen LogP contribution is 2.14. The van der Waals surface area contributed by atoms with E-state index in [1.165, 1.54) is 0 Å². The van der Waals surface area contributed by atoms with Crippen LogP contribution in [0.4, 0.5) is 0 Å². The number of carbonyl (C=O) groups excluding carboxylic acids is 1. The van der Waals surface area contributed by atoms with Crippen molar-refractivity contribution in [3.8, 4) is 0 Å². The predicted octanol–water partition coefficient (Wildman–Crippen LogP) is 2.73. The van der Waals surface area contributed by atoms with E-state index in [-0.39, 0.29) is 6.10 Å². The molecule has 0 aliphatic carbocycles. The lowest BCUT2D eigenvalue weighted by Gasteiger charge is -2.14. The second kappa shape index (κ2) is 6.84. The first-order chi connectivity index (χ1) is 6.15. The number of ether oxygens (including phenoxy) is 1. The lowest BCUT2D eigenvalue weighted by molar-refractivity contribution is -0.104. The third-order valence-electron chi connectivity index (χ3n) is 2.33. The molecule has 0 fully saturated rings. The van der Waals surface area contributed by atoms with Crippen molar-refractivity contribution in [1.29, 1.82) is 0 Å². The van der Waals surface area contributed by atoms with Crippen LogP contribution in [0.15, 0.2) is 11.1 Å². The van der Waals surface area contributed by atoms with Gasteiger partial charge in [0.1, 0.15) is 6.29 Å². The van der Waals surface area contributed by atoms with Crippen LogP contribution in [0.2, 0.25) is 0 Å². The zero-order valence-electron chi connectivity index (χ0n) is 9.09. The Morgan fingerprint density at radius 3 is 2.46 bits per heavy atom. The molecule has 0 aliphatic heterocycles. The van der Waals surface area contributed by atoms with Gasteiger partial charge in [-0.2, -0.15) is 0 Å². The van der Waals surface area contributed by atoms with Crippen LogP contribution in [-0.4, -0.2) is 19.5 Å². The summed E-state index contributed by atoms with van der Waals surface area (Å²) >= 11 is 0. The van der Waals surface area contributed by atoms with Crippen LogP contribution in [0.25, 0.3) is 0 Å². The smallest absolute Gasteiger partial charge is 0.145 e. The number of allylic oxidation sites excluding steroid dienone is 1. The molecule has 0 heterocycles. The molecule has 0 aromatic heterocycles. The maximum absolute atomic E-state index is 10.5. The summed E-state index contributed by atoms with van der Waals surface area (Å²) in [5.74, 6) is 0. The van der Waals surface area contributed by atoms with Gasteiger partial charge in [-0.3, -0.25) is 4.79 Å². The molecule has 0 N–H and O–H groups in total. The summed E-state index contributed by atoms with van der Waals surface area (Å²) in [6.07, 6.45) is 4.22. The van der Waals surface area contributed by atoms with E-state index < -0.39 is 0 Å². The van der Waals surface area contributed by atoms with Crippen molar-refractivity contribution >= 4 is 6.29 Å². The minimum atomic E-state index is 0.264. The lowest BCUT2D eigenvalue weighted by Crippen LogP contribution is -2.11. The molecule has 0 bridgehead atoms. The summed E-state index contributed by atoms with van der Waals surface area (Å²) in [7, 11) is 1.73. The molecule has 13 heavy (non-hydrogen) atoms. The van der Waals surface area contributed by atoms with Crippen LogP contribution >= 0.6 is 0 Å². The van der Waals surface area contributed by atoms with Crippen LogP contribution in [0, 0.1) is 0 Å². The van der Waals surface area contributed by atoms with Crippen molar-refractivity contribution in [2.75, 3.05) is 7.11 Å². The molecule has 2 heteroatoms. The number of methoxy groups -OCH3 is 1. The largest absolute Gasteiger partial charge is 0.381 e. The molecular formula is C11H20O2. The Morgan fingerprint density at radius 2 is 2.08 bits per heavy atom. The average Bonchev–Trinajstić information content (AvgIpc) is 2.15. The van der Waals surface area contributed by atoms with Crippen molar-refractivity contribution in [2.24, 2.45) is 0 Å². The first-order valence-corrected chi connectivity index (χ1v) is 4.80. The van der Waals surface area contributed by atoms with E-state index in [1.54, 1.807) is 7.11 Å². The second-order valence-electron chi connectivity index (χ2n) is 3.43. The van der Waals surface area contributed by atoms with E-state index in [2.05, 4.69) is 6.92 Å². The summed E-state index contributed by atoms with van der Waals surface area (Å²) in [5.41, 5.74) is 1.97. The Bertz CT molecular complexity index is 183. The standard InChI is InChI=1S/C11H20O2/c1-5-6-11(13-4)7-9(2)10(3)8-12/h8,11H,5-7H2,1-4H3. The molecule has 0 spiro atoms. The lowest BCUT2D eigenvalue weighted by atomic mass is 10.0. The van der Waals surface area contributed by atoms with Crippen LogP contribution in [-0.2, 0) is 9.53 Å². The second-order valence-corrected chi connectivity index (χ2v) is 3.43. The summed E-state index contributed by atoms with van der Waals surface area (Å²) in [4.78, 5) is 10.5. The van der Waals surface area contributed by atoms with E-state index in [9.17, 15) is 4.79 Å². The van der Waals surface area contributed by atoms with E-state index >= 15 is 0 Å². The zero-order valence-corrected chi connectivity index (χ0v) is 9.09. The van der Waals surface area contributed by atoms with Crippen LogP contribution in [0.3, 0.4) is 0 Å². The van der Waals surface area contributed by atoms with Crippen molar-refractivity contribution in [2.45, 2.75) is 46.1 Å². The fourth-order valence-corrected chi connectivity index (χ4v) is 1.23. The third-order valence-corrected chi connectivity index (χ3v) is 2.33. The SMILES string of the molecule is CCCC(CC(C)=C(C)C=O)OC. The van der Waals surface area contributed by atoms with Gasteiger partial charge in [-0.1, -0.05) is 18.9 Å². The van der Waals surface area contributed by atoms with Crippen molar-refractivity contribution < 1.29 is 9.53 Å².